The smallest absolute Gasteiger partial charge is 0.266 e. The van der Waals surface area contributed by atoms with Crippen LogP contribution in [-0.2, 0) is 10.3 Å². The number of hydrogen-bond acceptors (Lipinski definition) is 5. The predicted octanol–water partition coefficient (Wildman–Crippen LogP) is 3.76. The summed E-state index contributed by atoms with van der Waals surface area (Å²) in [5.74, 6) is -1.26. The van der Waals surface area contributed by atoms with Gasteiger partial charge in [-0.1, -0.05) is 18.2 Å². The van der Waals surface area contributed by atoms with Crippen LogP contribution in [0.5, 0.6) is 5.75 Å². The lowest BCUT2D eigenvalue weighted by Crippen LogP contribution is -2.41. The Morgan fingerprint density at radius 1 is 1.09 bits per heavy atom. The van der Waals surface area contributed by atoms with Crippen molar-refractivity contribution in [1.82, 2.24) is 9.88 Å². The minimum absolute atomic E-state index is 0.0170. The van der Waals surface area contributed by atoms with E-state index in [1.54, 1.807) is 12.1 Å². The highest BCUT2D eigenvalue weighted by molar-refractivity contribution is 6.09. The van der Waals surface area contributed by atoms with Gasteiger partial charge in [0.1, 0.15) is 11.6 Å². The van der Waals surface area contributed by atoms with E-state index in [1.807, 2.05) is 19.9 Å². The van der Waals surface area contributed by atoms with Crippen molar-refractivity contribution >= 4 is 11.9 Å². The molecule has 0 fully saturated rings. The Labute approximate surface area is 184 Å². The van der Waals surface area contributed by atoms with Gasteiger partial charge in [0.15, 0.2) is 11.5 Å². The molecule has 1 aliphatic heterocycles. The molecule has 1 aromatic heterocycles. The molecule has 8 heteroatoms. The Balaban J connectivity index is 1.99. The van der Waals surface area contributed by atoms with Crippen molar-refractivity contribution in [1.29, 1.82) is 0 Å². The molecular weight excluding hydrogens is 414 g/mol. The third-order valence-electron chi connectivity index (χ3n) is 5.58. The fourth-order valence-corrected chi connectivity index (χ4v) is 3.86. The molecule has 3 aromatic rings. The first-order valence-electron chi connectivity index (χ1n) is 10.1. The van der Waals surface area contributed by atoms with E-state index >= 15 is 0 Å². The van der Waals surface area contributed by atoms with Crippen LogP contribution in [0.3, 0.4) is 0 Å². The lowest BCUT2D eigenvalue weighted by molar-refractivity contribution is -0.129. The summed E-state index contributed by atoms with van der Waals surface area (Å²) in [4.78, 5) is 22.9. The molecule has 2 N–H and O–H groups in total. The Bertz CT molecular complexity index is 1240. The number of guanidine groups is 1. The van der Waals surface area contributed by atoms with Crippen LogP contribution in [0.2, 0.25) is 0 Å². The molecule has 6 nitrogen and oxygen atoms in total. The highest BCUT2D eigenvalue weighted by Crippen LogP contribution is 2.42. The second kappa shape index (κ2) is 8.03. The number of aryl methyl sites for hydroxylation is 1. The van der Waals surface area contributed by atoms with Gasteiger partial charge < -0.3 is 10.5 Å². The molecule has 2 aromatic carbocycles. The van der Waals surface area contributed by atoms with Crippen molar-refractivity contribution in [3.63, 3.8) is 0 Å². The number of pyridine rings is 1. The summed E-state index contributed by atoms with van der Waals surface area (Å²) in [6.45, 7) is 4.20. The molecule has 0 bridgehead atoms. The van der Waals surface area contributed by atoms with Crippen molar-refractivity contribution in [3.05, 3.63) is 83.2 Å². The SMILES string of the molecule is CCOc1cc(C2(c3ccc(F)c(-c4cccnc4F)c3)N=C(N)N(C)C2=O)ccc1C. The zero-order chi connectivity index (χ0) is 23.0. The van der Waals surface area contributed by atoms with E-state index in [9.17, 15) is 13.6 Å². The molecular formula is C24H22F2N4O2. The van der Waals surface area contributed by atoms with Gasteiger partial charge in [0.05, 0.1) is 6.61 Å². The van der Waals surface area contributed by atoms with Gasteiger partial charge in [0.2, 0.25) is 5.95 Å². The number of nitrogens with zero attached hydrogens (tertiary/aromatic N) is 3. The van der Waals surface area contributed by atoms with Crippen molar-refractivity contribution in [2.45, 2.75) is 19.4 Å². The first-order valence-corrected chi connectivity index (χ1v) is 10.1. The predicted molar refractivity (Wildman–Crippen MR) is 117 cm³/mol. The number of carbonyl (C=O) groups is 1. The number of rotatable bonds is 5. The molecule has 0 saturated heterocycles. The molecule has 2 heterocycles. The third kappa shape index (κ3) is 3.28. The number of hydrogen-bond donors (Lipinski definition) is 1. The van der Waals surface area contributed by atoms with Crippen molar-refractivity contribution in [2.75, 3.05) is 13.7 Å². The number of nitrogens with two attached hydrogens (primary N) is 1. The van der Waals surface area contributed by atoms with E-state index < -0.39 is 23.2 Å². The summed E-state index contributed by atoms with van der Waals surface area (Å²) >= 11 is 0. The topological polar surface area (TPSA) is 80.8 Å². The van der Waals surface area contributed by atoms with Crippen LogP contribution < -0.4 is 10.5 Å². The van der Waals surface area contributed by atoms with Crippen LogP contribution in [0.15, 0.2) is 59.7 Å². The number of ether oxygens (including phenoxy) is 1. The van der Waals surface area contributed by atoms with E-state index in [-0.39, 0.29) is 17.1 Å². The molecule has 32 heavy (non-hydrogen) atoms. The minimum Gasteiger partial charge on any atom is -0.494 e. The standard InChI is InChI=1S/C24H22F2N4O2/c1-4-32-20-13-16(8-7-14(20)2)24(22(31)30(3)23(27)29-24)15-9-10-19(25)18(12-15)17-6-5-11-28-21(17)26/h5-13H,4H2,1-3H3,(H2,27,29). The van der Waals surface area contributed by atoms with Gasteiger partial charge in [0.25, 0.3) is 5.91 Å². The number of aromatic nitrogens is 1. The van der Waals surface area contributed by atoms with Crippen molar-refractivity contribution in [3.8, 4) is 16.9 Å². The number of halogens is 2. The van der Waals surface area contributed by atoms with Crippen LogP contribution >= 0.6 is 0 Å². The lowest BCUT2D eigenvalue weighted by atomic mass is 9.81. The number of carbonyl (C=O) groups excluding carboxylic acids is 1. The highest BCUT2D eigenvalue weighted by atomic mass is 19.1. The molecule has 164 valence electrons. The maximum Gasteiger partial charge on any atom is 0.266 e. The van der Waals surface area contributed by atoms with Gasteiger partial charge in [-0.25, -0.2) is 14.4 Å². The molecule has 0 radical (unpaired) electrons. The number of aliphatic imine (C=N–C) groups is 1. The van der Waals surface area contributed by atoms with Gasteiger partial charge >= 0.3 is 0 Å². The van der Waals surface area contributed by atoms with Crippen LogP contribution in [0.25, 0.3) is 11.1 Å². The molecule has 0 aliphatic carbocycles. The maximum absolute atomic E-state index is 14.7. The molecule has 1 atom stereocenters. The second-order valence-electron chi connectivity index (χ2n) is 7.49. The average Bonchev–Trinajstić information content (AvgIpc) is 3.01. The largest absolute Gasteiger partial charge is 0.494 e. The van der Waals surface area contributed by atoms with Gasteiger partial charge in [-0.15, -0.1) is 0 Å². The zero-order valence-corrected chi connectivity index (χ0v) is 17.9. The summed E-state index contributed by atoms with van der Waals surface area (Å²) < 4.78 is 34.8. The summed E-state index contributed by atoms with van der Waals surface area (Å²) in [6, 6.07) is 12.3. The number of likely N-dealkylation sites (N-methyl/N-ethyl adjacent to an activating group) is 1. The fraction of sp³-hybridized carbons (Fsp3) is 0.208. The monoisotopic (exact) mass is 436 g/mol. The fourth-order valence-electron chi connectivity index (χ4n) is 3.86. The number of benzene rings is 2. The average molecular weight is 436 g/mol. The zero-order valence-electron chi connectivity index (χ0n) is 17.9. The van der Waals surface area contributed by atoms with E-state index in [0.29, 0.717) is 23.5 Å². The van der Waals surface area contributed by atoms with Crippen molar-refractivity contribution < 1.29 is 18.3 Å². The summed E-state index contributed by atoms with van der Waals surface area (Å²) in [5.41, 5.74) is 6.16. The molecule has 1 unspecified atom stereocenters. The molecule has 0 saturated carbocycles. The van der Waals surface area contributed by atoms with Gasteiger partial charge in [-0.05, 0) is 60.9 Å². The van der Waals surface area contributed by atoms with Crippen LogP contribution in [0, 0.1) is 18.7 Å². The first kappa shape index (κ1) is 21.4. The Hall–Kier alpha value is -3.81. The lowest BCUT2D eigenvalue weighted by Gasteiger charge is -2.27. The molecule has 4 rings (SSSR count). The van der Waals surface area contributed by atoms with Gasteiger partial charge in [0, 0.05) is 24.4 Å². The quantitative estimate of drug-likeness (QED) is 0.618. The van der Waals surface area contributed by atoms with Crippen molar-refractivity contribution in [2.24, 2.45) is 10.7 Å². The Kier molecular flexibility index (Phi) is 5.38. The van der Waals surface area contributed by atoms with Crippen LogP contribution in [0.4, 0.5) is 8.78 Å². The van der Waals surface area contributed by atoms with E-state index in [4.69, 9.17) is 10.5 Å². The number of amides is 1. The van der Waals surface area contributed by atoms with Crippen LogP contribution in [0.1, 0.15) is 23.6 Å². The normalized spacial score (nSPS) is 18.1. The Morgan fingerprint density at radius 3 is 2.47 bits per heavy atom. The third-order valence-corrected chi connectivity index (χ3v) is 5.58. The summed E-state index contributed by atoms with van der Waals surface area (Å²) in [5, 5.41) is 0. The van der Waals surface area contributed by atoms with E-state index in [1.165, 1.54) is 48.5 Å². The first-order chi connectivity index (χ1) is 15.3. The summed E-state index contributed by atoms with van der Waals surface area (Å²) in [6.07, 6.45) is 1.28. The van der Waals surface area contributed by atoms with Gasteiger partial charge in [-0.3, -0.25) is 9.69 Å². The minimum atomic E-state index is -1.57. The highest BCUT2D eigenvalue weighted by Gasteiger charge is 2.50. The summed E-state index contributed by atoms with van der Waals surface area (Å²) in [7, 11) is 1.52. The molecule has 1 amide bonds. The van der Waals surface area contributed by atoms with Gasteiger partial charge in [-0.2, -0.15) is 4.39 Å². The van der Waals surface area contributed by atoms with E-state index in [2.05, 4.69) is 9.98 Å². The maximum atomic E-state index is 14.7. The van der Waals surface area contributed by atoms with Crippen LogP contribution in [-0.4, -0.2) is 35.4 Å². The second-order valence-corrected chi connectivity index (χ2v) is 7.49. The molecule has 0 spiro atoms. The van der Waals surface area contributed by atoms with E-state index in [0.717, 1.165) is 5.56 Å². The Morgan fingerprint density at radius 2 is 1.81 bits per heavy atom. The molecule has 1 aliphatic rings.